The number of hydrogen-bond acceptors (Lipinski definition) is 2. The first kappa shape index (κ1) is 82.7. The van der Waals surface area contributed by atoms with E-state index in [9.17, 15) is 0 Å². The van der Waals surface area contributed by atoms with E-state index in [0.29, 0.717) is 0 Å². The van der Waals surface area contributed by atoms with Crippen LogP contribution in [0.3, 0.4) is 0 Å². The summed E-state index contributed by atoms with van der Waals surface area (Å²) in [4.78, 5) is 2.38. The van der Waals surface area contributed by atoms with E-state index in [4.69, 9.17) is 0 Å². The Morgan fingerprint density at radius 1 is 0.168 bits per heavy atom. The molecule has 2 heterocycles. The van der Waals surface area contributed by atoms with Gasteiger partial charge in [0.1, 0.15) is 0 Å². The summed E-state index contributed by atoms with van der Waals surface area (Å²) in [5.74, 6) is 0. The van der Waals surface area contributed by atoms with Crippen molar-refractivity contribution in [3.05, 3.63) is 538 Å². The SMILES string of the molecule is Brc1ccc(-c2c3ccccc3c(-c3ccccc3)c3ccccc23)cc1.c1ccc(-c2c3ccccc3c(-c3ccc(N(c4ccc(-c5ccc6c(c5)c5ccccc5n6-c5ccccc5)cc4)c4ccc(-c5cccc6ccccc56)cc4)cc3)c3ccccc23)cc1.c1ccc(-n2c3ccccc3c3cc(-c4ccc(Nc5ccc(-c6cccc7ccccc67)cc5)cc4)ccc32)cc1. The number of aromatic nitrogens is 2. The zero-order valence-electron chi connectivity index (χ0n) is 75.0. The Kier molecular flexibility index (Phi) is 21.9. The van der Waals surface area contributed by atoms with E-state index in [2.05, 4.69) is 569 Å². The molecule has 0 atom stereocenters. The van der Waals surface area contributed by atoms with E-state index in [1.54, 1.807) is 0 Å². The van der Waals surface area contributed by atoms with Crippen LogP contribution in [-0.2, 0) is 0 Å². The molecule has 0 radical (unpaired) electrons. The number of halogens is 1. The molecule has 26 aromatic rings. The fourth-order valence-electron chi connectivity index (χ4n) is 20.8. The highest BCUT2D eigenvalue weighted by atomic mass is 79.9. The second-order valence-electron chi connectivity index (χ2n) is 35.1. The van der Waals surface area contributed by atoms with E-state index in [0.717, 1.165) is 38.6 Å². The Labute approximate surface area is 804 Å². The van der Waals surface area contributed by atoms with Crippen LogP contribution in [0, 0.1) is 0 Å². The first-order valence-corrected chi connectivity index (χ1v) is 47.6. The maximum Gasteiger partial charge on any atom is 0.0541 e. The van der Waals surface area contributed by atoms with Gasteiger partial charge >= 0.3 is 0 Å². The molecular weight excluding hydrogens is 1720 g/mol. The van der Waals surface area contributed by atoms with Gasteiger partial charge in [-0.25, -0.2) is 0 Å². The monoisotopic (exact) mass is 1810 g/mol. The van der Waals surface area contributed by atoms with Gasteiger partial charge in [0.15, 0.2) is 0 Å². The molecule has 24 aromatic carbocycles. The van der Waals surface area contributed by atoms with Crippen molar-refractivity contribution in [2.75, 3.05) is 10.2 Å². The minimum Gasteiger partial charge on any atom is -0.356 e. The molecule has 0 amide bonds. The Hall–Kier alpha value is -17.5. The van der Waals surface area contributed by atoms with Gasteiger partial charge in [-0.2, -0.15) is 0 Å². The molecule has 0 saturated heterocycles. The molecule has 5 heteroatoms. The lowest BCUT2D eigenvalue weighted by atomic mass is 9.86. The van der Waals surface area contributed by atoms with E-state index in [1.807, 2.05) is 0 Å². The summed E-state index contributed by atoms with van der Waals surface area (Å²) in [6.45, 7) is 0. The third-order valence-corrected chi connectivity index (χ3v) is 27.6. The number of hydrogen-bond donors (Lipinski definition) is 1. The summed E-state index contributed by atoms with van der Waals surface area (Å²) >= 11 is 3.56. The molecule has 137 heavy (non-hydrogen) atoms. The fourth-order valence-corrected chi connectivity index (χ4v) is 21.0. The maximum atomic E-state index is 3.57. The lowest BCUT2D eigenvalue weighted by Gasteiger charge is -2.26. The summed E-state index contributed by atoms with van der Waals surface area (Å²) < 4.78 is 5.82. The molecule has 644 valence electrons. The van der Waals surface area contributed by atoms with Gasteiger partial charge in [0.05, 0.1) is 22.1 Å². The van der Waals surface area contributed by atoms with Gasteiger partial charge in [-0.15, -0.1) is 0 Å². The summed E-state index contributed by atoms with van der Waals surface area (Å²) in [6, 6.07) is 193. The molecule has 0 aliphatic rings. The minimum absolute atomic E-state index is 1.07. The Balaban J connectivity index is 0.000000125. The lowest BCUT2D eigenvalue weighted by molar-refractivity contribution is 1.18. The highest BCUT2D eigenvalue weighted by Gasteiger charge is 2.23. The highest BCUT2D eigenvalue weighted by Crippen LogP contribution is 2.49. The van der Waals surface area contributed by atoms with Crippen molar-refractivity contribution >= 4 is 153 Å². The molecule has 0 spiro atoms. The minimum atomic E-state index is 1.07. The van der Waals surface area contributed by atoms with E-state index in [1.165, 1.54) is 203 Å². The second kappa shape index (κ2) is 36.2. The van der Waals surface area contributed by atoms with Crippen molar-refractivity contribution in [2.24, 2.45) is 0 Å². The predicted molar refractivity (Wildman–Crippen MR) is 589 cm³/mol. The number of fused-ring (bicyclic) bond motifs is 12. The number of anilines is 5. The van der Waals surface area contributed by atoms with Gasteiger partial charge in [-0.05, 0) is 287 Å². The van der Waals surface area contributed by atoms with Crippen LogP contribution in [-0.4, -0.2) is 9.13 Å². The number of nitrogens with one attached hydrogen (secondary N) is 1. The Bertz CT molecular complexity index is 8860. The molecular formula is C132H89BrN4. The van der Waals surface area contributed by atoms with Crippen LogP contribution in [0.2, 0.25) is 0 Å². The predicted octanol–water partition coefficient (Wildman–Crippen LogP) is 37.5. The largest absolute Gasteiger partial charge is 0.356 e. The van der Waals surface area contributed by atoms with Crippen LogP contribution in [0.1, 0.15) is 0 Å². The zero-order chi connectivity index (χ0) is 91.1. The highest BCUT2D eigenvalue weighted by molar-refractivity contribution is 9.10. The summed E-state index contributed by atoms with van der Waals surface area (Å²) in [6.07, 6.45) is 0. The third kappa shape index (κ3) is 15.7. The maximum absolute atomic E-state index is 3.57. The average molecular weight is 1810 g/mol. The van der Waals surface area contributed by atoms with Crippen molar-refractivity contribution in [3.63, 3.8) is 0 Å². The molecule has 1 N–H and O–H groups in total. The summed E-state index contributed by atoms with van der Waals surface area (Å²) in [7, 11) is 0. The molecule has 0 aliphatic heterocycles. The molecule has 0 fully saturated rings. The molecule has 0 saturated carbocycles. The van der Waals surface area contributed by atoms with E-state index in [-0.39, 0.29) is 0 Å². The van der Waals surface area contributed by atoms with Crippen LogP contribution in [0.5, 0.6) is 0 Å². The Morgan fingerprint density at radius 3 is 0.774 bits per heavy atom. The molecule has 26 rings (SSSR count). The van der Waals surface area contributed by atoms with Gasteiger partial charge in [0.2, 0.25) is 0 Å². The molecule has 0 aliphatic carbocycles. The second-order valence-corrected chi connectivity index (χ2v) is 36.0. The van der Waals surface area contributed by atoms with Crippen molar-refractivity contribution < 1.29 is 0 Å². The number of benzene rings is 24. The number of rotatable bonds is 15. The number of para-hydroxylation sites is 4. The van der Waals surface area contributed by atoms with Gasteiger partial charge in [0, 0.05) is 65.8 Å². The average Bonchev–Trinajstić information content (AvgIpc) is 1.55. The van der Waals surface area contributed by atoms with Crippen LogP contribution in [0.15, 0.2) is 538 Å². The molecule has 4 nitrogen and oxygen atoms in total. The van der Waals surface area contributed by atoms with Crippen molar-refractivity contribution in [3.8, 4) is 100 Å². The van der Waals surface area contributed by atoms with E-state index < -0.39 is 0 Å². The molecule has 0 unspecified atom stereocenters. The quantitative estimate of drug-likeness (QED) is 0.104. The first-order valence-electron chi connectivity index (χ1n) is 46.9. The molecule has 2 aromatic heterocycles. The molecule has 0 bridgehead atoms. The standard InChI is InChI=1S/C66H44N2.C40H28N2.C26H17Br/c1-3-17-48(18-4-1)65-58-24-9-11-26-60(58)66(61-27-12-10-25-59(61)65)49-34-41-54(42-35-49)67(53-39-32-47(33-40-53)56-28-15-19-46-16-7-8-22-55(46)56)52-37-30-45(31-38-52)50-36-43-64-62(44-50)57-23-13-14-29-63(57)68(64)51-20-5-2-6-21-51;1-2-11-34(12-3-1)42-39-16-7-6-14-37(39)38-27-31(21-26-40(38)42)28-17-22-32(23-18-28)41-33-24-19-30(20-25-33)36-15-8-10-29-9-4-5-13-35(29)36;27-20-16-14-19(15-17-20)26-23-12-6-4-10-21(23)25(18-8-2-1-3-9-18)22-11-5-7-13-24(22)26/h1-44H;1-27,41H;1-17H. The normalized spacial score (nSPS) is 11.4. The van der Waals surface area contributed by atoms with Gasteiger partial charge in [-0.3, -0.25) is 0 Å². The van der Waals surface area contributed by atoms with Crippen molar-refractivity contribution in [2.45, 2.75) is 0 Å². The lowest BCUT2D eigenvalue weighted by Crippen LogP contribution is -2.09. The van der Waals surface area contributed by atoms with Gasteiger partial charge in [-0.1, -0.05) is 416 Å². The smallest absolute Gasteiger partial charge is 0.0541 e. The summed E-state index contributed by atoms with van der Waals surface area (Å²) in [5, 5.41) is 23.8. The zero-order valence-corrected chi connectivity index (χ0v) is 76.6. The van der Waals surface area contributed by atoms with Crippen molar-refractivity contribution in [1.82, 2.24) is 9.13 Å². The fraction of sp³-hybridized carbons (Fsp3) is 0. The van der Waals surface area contributed by atoms with Gasteiger partial charge < -0.3 is 19.4 Å². The first-order chi connectivity index (χ1) is 67.9. The third-order valence-electron chi connectivity index (χ3n) is 27.1. The van der Waals surface area contributed by atoms with Gasteiger partial charge in [0.25, 0.3) is 0 Å². The van der Waals surface area contributed by atoms with E-state index >= 15 is 0 Å². The van der Waals surface area contributed by atoms with Crippen LogP contribution in [0.25, 0.3) is 209 Å². The van der Waals surface area contributed by atoms with Crippen molar-refractivity contribution in [1.29, 1.82) is 0 Å². The topological polar surface area (TPSA) is 25.1 Å². The summed E-state index contributed by atoms with van der Waals surface area (Å²) in [5.41, 5.74) is 32.3. The number of nitrogens with zero attached hydrogens (tertiary/aromatic N) is 3. The van der Waals surface area contributed by atoms with Crippen LogP contribution in [0.4, 0.5) is 28.4 Å². The van der Waals surface area contributed by atoms with Crippen LogP contribution < -0.4 is 10.2 Å². The Morgan fingerprint density at radius 2 is 0.416 bits per heavy atom. The van der Waals surface area contributed by atoms with Crippen LogP contribution >= 0.6 is 15.9 Å².